The Kier molecular flexibility index (Phi) is 5.62. The molecule has 2 aromatic heterocycles. The highest BCUT2D eigenvalue weighted by atomic mass is 35.5. The molecule has 0 saturated carbocycles. The molecular formula is C20H14Cl2N4O2S. The third-order valence-electron chi connectivity index (χ3n) is 4.25. The van der Waals surface area contributed by atoms with Gasteiger partial charge >= 0.3 is 0 Å². The predicted octanol–water partition coefficient (Wildman–Crippen LogP) is 4.39. The van der Waals surface area contributed by atoms with E-state index in [1.807, 2.05) is 18.2 Å². The van der Waals surface area contributed by atoms with Crippen LogP contribution in [0, 0.1) is 0 Å². The molecule has 0 aliphatic carbocycles. The van der Waals surface area contributed by atoms with E-state index in [0.717, 1.165) is 20.5 Å². The monoisotopic (exact) mass is 444 g/mol. The molecule has 4 rings (SSSR count). The summed E-state index contributed by atoms with van der Waals surface area (Å²) in [5, 5.41) is 9.47. The van der Waals surface area contributed by atoms with Gasteiger partial charge in [0.15, 0.2) is 5.13 Å². The highest BCUT2D eigenvalue weighted by Crippen LogP contribution is 2.29. The molecule has 0 aliphatic heterocycles. The zero-order chi connectivity index (χ0) is 20.4. The van der Waals surface area contributed by atoms with Crippen molar-refractivity contribution in [2.45, 2.75) is 13.0 Å². The van der Waals surface area contributed by atoms with Crippen LogP contribution < -0.4 is 10.9 Å². The third-order valence-corrected chi connectivity index (χ3v) is 6.02. The second-order valence-corrected chi connectivity index (χ2v) is 8.16. The summed E-state index contributed by atoms with van der Waals surface area (Å²) >= 11 is 13.6. The Balaban J connectivity index is 1.45. The summed E-state index contributed by atoms with van der Waals surface area (Å²) in [6, 6.07) is 12.6. The van der Waals surface area contributed by atoms with Gasteiger partial charge in [0.25, 0.3) is 5.56 Å². The molecule has 2 heterocycles. The van der Waals surface area contributed by atoms with Crippen LogP contribution in [0.25, 0.3) is 10.8 Å². The molecule has 6 nitrogen and oxygen atoms in total. The maximum Gasteiger partial charge on any atom is 0.275 e. The smallest absolute Gasteiger partial charge is 0.275 e. The average molecular weight is 445 g/mol. The highest BCUT2D eigenvalue weighted by Gasteiger charge is 2.12. The van der Waals surface area contributed by atoms with E-state index >= 15 is 0 Å². The minimum Gasteiger partial charge on any atom is -0.300 e. The molecule has 146 valence electrons. The second-order valence-electron chi connectivity index (χ2n) is 6.26. The van der Waals surface area contributed by atoms with Crippen LogP contribution in [-0.4, -0.2) is 20.7 Å². The van der Waals surface area contributed by atoms with E-state index < -0.39 is 0 Å². The number of carbonyl (C=O) groups is 1. The van der Waals surface area contributed by atoms with E-state index in [1.165, 1.54) is 11.3 Å². The third kappa shape index (κ3) is 4.32. The van der Waals surface area contributed by atoms with Crippen molar-refractivity contribution >= 4 is 56.3 Å². The van der Waals surface area contributed by atoms with Crippen LogP contribution in [0.1, 0.15) is 10.4 Å². The van der Waals surface area contributed by atoms with Gasteiger partial charge in [0.05, 0.1) is 21.6 Å². The Labute approximate surface area is 179 Å². The van der Waals surface area contributed by atoms with Crippen molar-refractivity contribution in [3.63, 3.8) is 0 Å². The van der Waals surface area contributed by atoms with Gasteiger partial charge in [0, 0.05) is 22.9 Å². The van der Waals surface area contributed by atoms with Crippen LogP contribution in [0.5, 0.6) is 0 Å². The SMILES string of the molecule is O=C(Cn1ncc2ccccc2c1=O)Nc1ncc(Cc2cccc(Cl)c2Cl)s1. The lowest BCUT2D eigenvalue weighted by Crippen LogP contribution is -2.29. The lowest BCUT2D eigenvalue weighted by molar-refractivity contribution is -0.117. The summed E-state index contributed by atoms with van der Waals surface area (Å²) in [6.07, 6.45) is 3.80. The van der Waals surface area contributed by atoms with Gasteiger partial charge in [-0.05, 0) is 17.7 Å². The van der Waals surface area contributed by atoms with Crippen LogP contribution in [-0.2, 0) is 17.8 Å². The molecule has 1 amide bonds. The predicted molar refractivity (Wildman–Crippen MR) is 116 cm³/mol. The van der Waals surface area contributed by atoms with Crippen molar-refractivity contribution in [1.82, 2.24) is 14.8 Å². The number of amides is 1. The summed E-state index contributed by atoms with van der Waals surface area (Å²) in [7, 11) is 0. The first-order chi connectivity index (χ1) is 14.0. The van der Waals surface area contributed by atoms with Gasteiger partial charge in [-0.1, -0.05) is 53.5 Å². The first-order valence-corrected chi connectivity index (χ1v) is 10.2. The van der Waals surface area contributed by atoms with E-state index in [9.17, 15) is 9.59 Å². The van der Waals surface area contributed by atoms with Gasteiger partial charge in [-0.15, -0.1) is 11.3 Å². The fourth-order valence-corrected chi connectivity index (χ4v) is 4.09. The summed E-state index contributed by atoms with van der Waals surface area (Å²) < 4.78 is 1.14. The number of hydrogen-bond donors (Lipinski definition) is 1. The van der Waals surface area contributed by atoms with Gasteiger partial charge in [-0.25, -0.2) is 9.67 Å². The van der Waals surface area contributed by atoms with Crippen LogP contribution in [0.2, 0.25) is 10.0 Å². The molecule has 0 atom stereocenters. The van der Waals surface area contributed by atoms with Crippen molar-refractivity contribution in [3.05, 3.63) is 85.7 Å². The Bertz CT molecular complexity index is 1270. The van der Waals surface area contributed by atoms with E-state index in [2.05, 4.69) is 15.4 Å². The Morgan fingerprint density at radius 3 is 2.79 bits per heavy atom. The van der Waals surface area contributed by atoms with Crippen molar-refractivity contribution in [2.24, 2.45) is 0 Å². The number of anilines is 1. The summed E-state index contributed by atoms with van der Waals surface area (Å²) in [5.41, 5.74) is 0.571. The number of thiazole rings is 1. The zero-order valence-corrected chi connectivity index (χ0v) is 17.3. The van der Waals surface area contributed by atoms with Crippen LogP contribution >= 0.6 is 34.5 Å². The number of aromatic nitrogens is 3. The van der Waals surface area contributed by atoms with Crippen molar-refractivity contribution < 1.29 is 4.79 Å². The molecule has 0 saturated heterocycles. The van der Waals surface area contributed by atoms with Gasteiger partial charge in [0.2, 0.25) is 5.91 Å². The lowest BCUT2D eigenvalue weighted by atomic mass is 10.1. The number of fused-ring (bicyclic) bond motifs is 1. The molecule has 2 aromatic carbocycles. The van der Waals surface area contributed by atoms with Gasteiger partial charge in [-0.2, -0.15) is 5.10 Å². The number of halogens is 2. The number of carbonyl (C=O) groups excluding carboxylic acids is 1. The Morgan fingerprint density at radius 1 is 1.10 bits per heavy atom. The minimum absolute atomic E-state index is 0.196. The molecule has 0 fully saturated rings. The standard InChI is InChI=1S/C20H14Cl2N4O2S/c21-16-7-3-5-12(18(16)22)8-14-10-23-20(29-14)25-17(27)11-26-19(28)15-6-2-1-4-13(15)9-24-26/h1-7,9-10H,8,11H2,(H,23,25,27). The highest BCUT2D eigenvalue weighted by molar-refractivity contribution is 7.15. The van der Waals surface area contributed by atoms with E-state index in [0.29, 0.717) is 27.0 Å². The van der Waals surface area contributed by atoms with Gasteiger partial charge in [-0.3, -0.25) is 9.59 Å². The summed E-state index contributed by atoms with van der Waals surface area (Å²) in [5.74, 6) is -0.378. The molecular weight excluding hydrogens is 431 g/mol. The van der Waals surface area contributed by atoms with E-state index in [4.69, 9.17) is 23.2 Å². The number of rotatable bonds is 5. The largest absolute Gasteiger partial charge is 0.300 e. The molecule has 0 radical (unpaired) electrons. The number of nitrogens with one attached hydrogen (secondary N) is 1. The number of hydrogen-bond acceptors (Lipinski definition) is 5. The molecule has 4 aromatic rings. The molecule has 29 heavy (non-hydrogen) atoms. The molecule has 9 heteroatoms. The fraction of sp³-hybridized carbons (Fsp3) is 0.100. The summed E-state index contributed by atoms with van der Waals surface area (Å²) in [6.45, 7) is -0.196. The van der Waals surface area contributed by atoms with Crippen molar-refractivity contribution in [3.8, 4) is 0 Å². The van der Waals surface area contributed by atoms with E-state index in [1.54, 1.807) is 36.7 Å². The zero-order valence-electron chi connectivity index (χ0n) is 14.9. The summed E-state index contributed by atoms with van der Waals surface area (Å²) in [4.78, 5) is 30.0. The Hall–Kier alpha value is -2.74. The minimum atomic E-state index is -0.378. The number of nitrogens with zero attached hydrogens (tertiary/aromatic N) is 3. The molecule has 0 bridgehead atoms. The van der Waals surface area contributed by atoms with Crippen molar-refractivity contribution in [2.75, 3.05) is 5.32 Å². The average Bonchev–Trinajstić information content (AvgIpc) is 3.14. The fourth-order valence-electron chi connectivity index (χ4n) is 2.85. The molecule has 1 N–H and O–H groups in total. The first-order valence-electron chi connectivity index (χ1n) is 8.63. The van der Waals surface area contributed by atoms with Gasteiger partial charge in [0.1, 0.15) is 6.54 Å². The lowest BCUT2D eigenvalue weighted by Gasteiger charge is -2.05. The maximum atomic E-state index is 12.5. The Morgan fingerprint density at radius 2 is 1.93 bits per heavy atom. The quantitative estimate of drug-likeness (QED) is 0.495. The van der Waals surface area contributed by atoms with Gasteiger partial charge < -0.3 is 5.32 Å². The first kappa shape index (κ1) is 19.6. The second kappa shape index (κ2) is 8.32. The van der Waals surface area contributed by atoms with Crippen molar-refractivity contribution in [1.29, 1.82) is 0 Å². The van der Waals surface area contributed by atoms with Crippen LogP contribution in [0.3, 0.4) is 0 Å². The topological polar surface area (TPSA) is 76.9 Å². The normalized spacial score (nSPS) is 11.0. The molecule has 0 unspecified atom stereocenters. The van der Waals surface area contributed by atoms with Crippen LogP contribution in [0.4, 0.5) is 5.13 Å². The van der Waals surface area contributed by atoms with Crippen LogP contribution in [0.15, 0.2) is 59.7 Å². The number of benzene rings is 2. The van der Waals surface area contributed by atoms with E-state index in [-0.39, 0.29) is 18.0 Å². The molecule has 0 spiro atoms. The molecule has 0 aliphatic rings. The maximum absolute atomic E-state index is 12.5.